The summed E-state index contributed by atoms with van der Waals surface area (Å²) >= 11 is 0. The zero-order valence-electron chi connectivity index (χ0n) is 9.65. The molecule has 19 heavy (non-hydrogen) atoms. The second-order valence-corrected chi connectivity index (χ2v) is 3.65. The van der Waals surface area contributed by atoms with E-state index in [1.165, 1.54) is 12.3 Å². The molecule has 1 heterocycles. The van der Waals surface area contributed by atoms with E-state index in [2.05, 4.69) is 15.7 Å². The van der Waals surface area contributed by atoms with Crippen molar-refractivity contribution in [1.29, 1.82) is 0 Å². The number of hydrogen-bond donors (Lipinski definition) is 3. The summed E-state index contributed by atoms with van der Waals surface area (Å²) in [6.07, 6.45) is 1.37. The van der Waals surface area contributed by atoms with Crippen molar-refractivity contribution in [2.24, 2.45) is 5.84 Å². The Morgan fingerprint density at radius 2 is 2.00 bits per heavy atom. The number of nitrogen functional groups attached to an aromatic ring is 1. The topological polar surface area (TPSA) is 80.0 Å². The number of amides is 1. The van der Waals surface area contributed by atoms with Gasteiger partial charge in [-0.2, -0.15) is 0 Å². The molecule has 0 bridgehead atoms. The van der Waals surface area contributed by atoms with Crippen LogP contribution in [0.15, 0.2) is 36.5 Å². The average Bonchev–Trinajstić information content (AvgIpc) is 2.43. The van der Waals surface area contributed by atoms with Crippen molar-refractivity contribution in [2.75, 3.05) is 10.7 Å². The first-order chi connectivity index (χ1) is 9.10. The lowest BCUT2D eigenvalue weighted by atomic mass is 10.2. The van der Waals surface area contributed by atoms with Crippen LogP contribution in [-0.4, -0.2) is 10.9 Å². The van der Waals surface area contributed by atoms with Crippen molar-refractivity contribution in [3.63, 3.8) is 0 Å². The van der Waals surface area contributed by atoms with Gasteiger partial charge in [-0.05, 0) is 24.3 Å². The number of anilines is 2. The molecule has 5 nitrogen and oxygen atoms in total. The SMILES string of the molecule is NNc1ccnc(C(=O)Nc2cc(F)ccc2F)c1. The van der Waals surface area contributed by atoms with Crippen molar-refractivity contribution in [3.8, 4) is 0 Å². The molecule has 4 N–H and O–H groups in total. The standard InChI is InChI=1S/C12H10F2N4O/c13-7-1-2-9(14)10(5-7)17-12(19)11-6-8(18-15)3-4-16-11/h1-6H,15H2,(H,16,18)(H,17,19). The first kappa shape index (κ1) is 12.9. The van der Waals surface area contributed by atoms with Gasteiger partial charge in [-0.25, -0.2) is 8.78 Å². The highest BCUT2D eigenvalue weighted by molar-refractivity contribution is 6.03. The molecule has 0 radical (unpaired) electrons. The number of hydrazine groups is 1. The second-order valence-electron chi connectivity index (χ2n) is 3.65. The molecular formula is C12H10F2N4O. The van der Waals surface area contributed by atoms with Gasteiger partial charge in [-0.1, -0.05) is 0 Å². The van der Waals surface area contributed by atoms with Crippen molar-refractivity contribution in [2.45, 2.75) is 0 Å². The van der Waals surface area contributed by atoms with Crippen LogP contribution in [0.3, 0.4) is 0 Å². The van der Waals surface area contributed by atoms with Gasteiger partial charge in [0.2, 0.25) is 0 Å². The highest BCUT2D eigenvalue weighted by Crippen LogP contribution is 2.16. The van der Waals surface area contributed by atoms with Crippen molar-refractivity contribution >= 4 is 17.3 Å². The summed E-state index contributed by atoms with van der Waals surface area (Å²) in [4.78, 5) is 15.6. The van der Waals surface area contributed by atoms with E-state index in [9.17, 15) is 13.6 Å². The third-order valence-corrected chi connectivity index (χ3v) is 2.34. The summed E-state index contributed by atoms with van der Waals surface area (Å²) in [5.41, 5.74) is 2.60. The van der Waals surface area contributed by atoms with Crippen molar-refractivity contribution < 1.29 is 13.6 Å². The molecule has 0 fully saturated rings. The van der Waals surface area contributed by atoms with Crippen molar-refractivity contribution in [3.05, 3.63) is 53.9 Å². The number of benzene rings is 1. The summed E-state index contributed by atoms with van der Waals surface area (Å²) in [6, 6.07) is 5.71. The Balaban J connectivity index is 2.22. The van der Waals surface area contributed by atoms with E-state index in [1.807, 2.05) is 0 Å². The molecule has 0 atom stereocenters. The molecule has 1 amide bonds. The van der Waals surface area contributed by atoms with Gasteiger partial charge in [-0.15, -0.1) is 0 Å². The summed E-state index contributed by atoms with van der Waals surface area (Å²) in [6.45, 7) is 0. The fourth-order valence-electron chi connectivity index (χ4n) is 1.42. The lowest BCUT2D eigenvalue weighted by Crippen LogP contribution is -2.16. The van der Waals surface area contributed by atoms with Crippen LogP contribution in [0.4, 0.5) is 20.2 Å². The number of rotatable bonds is 3. The number of pyridine rings is 1. The molecular weight excluding hydrogens is 254 g/mol. The van der Waals surface area contributed by atoms with Gasteiger partial charge >= 0.3 is 0 Å². The number of nitrogens with one attached hydrogen (secondary N) is 2. The fourth-order valence-corrected chi connectivity index (χ4v) is 1.42. The van der Waals surface area contributed by atoms with Gasteiger partial charge < -0.3 is 10.7 Å². The molecule has 1 aromatic heterocycles. The molecule has 2 aromatic rings. The monoisotopic (exact) mass is 264 g/mol. The zero-order valence-corrected chi connectivity index (χ0v) is 9.65. The average molecular weight is 264 g/mol. The second kappa shape index (κ2) is 5.40. The van der Waals surface area contributed by atoms with E-state index in [1.54, 1.807) is 6.07 Å². The van der Waals surface area contributed by atoms with Crippen LogP contribution in [-0.2, 0) is 0 Å². The summed E-state index contributed by atoms with van der Waals surface area (Å²) in [7, 11) is 0. The van der Waals surface area contributed by atoms with Crippen LogP contribution < -0.4 is 16.6 Å². The smallest absolute Gasteiger partial charge is 0.274 e. The number of halogens is 2. The Morgan fingerprint density at radius 1 is 1.21 bits per heavy atom. The largest absolute Gasteiger partial charge is 0.324 e. The molecule has 0 spiro atoms. The van der Waals surface area contributed by atoms with Gasteiger partial charge in [0.15, 0.2) is 0 Å². The van der Waals surface area contributed by atoms with E-state index in [0.29, 0.717) is 5.69 Å². The van der Waals surface area contributed by atoms with Crippen LogP contribution in [0, 0.1) is 11.6 Å². The summed E-state index contributed by atoms with van der Waals surface area (Å²) in [5, 5.41) is 2.23. The third kappa shape index (κ3) is 3.02. The van der Waals surface area contributed by atoms with Gasteiger partial charge in [0.05, 0.1) is 11.4 Å². The maximum atomic E-state index is 13.4. The first-order valence-corrected chi connectivity index (χ1v) is 5.29. The predicted molar refractivity (Wildman–Crippen MR) is 66.4 cm³/mol. The van der Waals surface area contributed by atoms with Crippen LogP contribution in [0.5, 0.6) is 0 Å². The van der Waals surface area contributed by atoms with E-state index < -0.39 is 17.5 Å². The number of nitrogens with zero attached hydrogens (tertiary/aromatic N) is 1. The first-order valence-electron chi connectivity index (χ1n) is 5.29. The maximum absolute atomic E-state index is 13.4. The molecule has 0 unspecified atom stereocenters. The molecule has 98 valence electrons. The minimum atomic E-state index is -0.733. The summed E-state index contributed by atoms with van der Waals surface area (Å²) < 4.78 is 26.3. The number of nitrogens with two attached hydrogens (primary N) is 1. The molecule has 0 aliphatic carbocycles. The maximum Gasteiger partial charge on any atom is 0.274 e. The van der Waals surface area contributed by atoms with Crippen LogP contribution >= 0.6 is 0 Å². The summed E-state index contributed by atoms with van der Waals surface area (Å²) in [5.74, 6) is 3.15. The van der Waals surface area contributed by atoms with Gasteiger partial charge in [0, 0.05) is 12.3 Å². The predicted octanol–water partition coefficient (Wildman–Crippen LogP) is 1.90. The quantitative estimate of drug-likeness (QED) is 0.584. The number of carbonyl (C=O) groups is 1. The number of hydrogen-bond acceptors (Lipinski definition) is 4. The number of aromatic nitrogens is 1. The Labute approximate surface area is 107 Å². The molecule has 0 saturated carbocycles. The number of carbonyl (C=O) groups excluding carboxylic acids is 1. The van der Waals surface area contributed by atoms with E-state index in [-0.39, 0.29) is 11.4 Å². The lowest BCUT2D eigenvalue weighted by Gasteiger charge is -2.07. The molecule has 1 aromatic carbocycles. The van der Waals surface area contributed by atoms with Gasteiger partial charge in [0.25, 0.3) is 5.91 Å². The Kier molecular flexibility index (Phi) is 3.67. The molecule has 0 aliphatic rings. The van der Waals surface area contributed by atoms with E-state index in [0.717, 1.165) is 18.2 Å². The molecule has 7 heteroatoms. The van der Waals surface area contributed by atoms with Crippen LogP contribution in [0.25, 0.3) is 0 Å². The molecule has 0 saturated heterocycles. The van der Waals surface area contributed by atoms with Crippen LogP contribution in [0.2, 0.25) is 0 Å². The zero-order chi connectivity index (χ0) is 13.8. The highest BCUT2D eigenvalue weighted by atomic mass is 19.1. The van der Waals surface area contributed by atoms with Crippen LogP contribution in [0.1, 0.15) is 10.5 Å². The fraction of sp³-hybridized carbons (Fsp3) is 0. The Morgan fingerprint density at radius 3 is 2.74 bits per heavy atom. The normalized spacial score (nSPS) is 10.1. The van der Waals surface area contributed by atoms with Gasteiger partial charge in [0.1, 0.15) is 17.3 Å². The lowest BCUT2D eigenvalue weighted by molar-refractivity contribution is 0.102. The van der Waals surface area contributed by atoms with Gasteiger partial charge in [-0.3, -0.25) is 15.6 Å². The Hall–Kier alpha value is -2.54. The highest BCUT2D eigenvalue weighted by Gasteiger charge is 2.11. The minimum Gasteiger partial charge on any atom is -0.324 e. The van der Waals surface area contributed by atoms with E-state index >= 15 is 0 Å². The molecule has 0 aliphatic heterocycles. The van der Waals surface area contributed by atoms with Crippen molar-refractivity contribution in [1.82, 2.24) is 4.98 Å². The molecule has 2 rings (SSSR count). The van der Waals surface area contributed by atoms with E-state index in [4.69, 9.17) is 5.84 Å². The minimum absolute atomic E-state index is 0.0270. The third-order valence-electron chi connectivity index (χ3n) is 2.34. The Bertz CT molecular complexity index is 618.